The molecule has 1 N–H and O–H groups in total. The summed E-state index contributed by atoms with van der Waals surface area (Å²) in [6.45, 7) is 5.88. The van der Waals surface area contributed by atoms with Gasteiger partial charge < -0.3 is 9.59 Å². The van der Waals surface area contributed by atoms with Gasteiger partial charge in [-0.2, -0.15) is 0 Å². The van der Waals surface area contributed by atoms with Gasteiger partial charge in [0.25, 0.3) is 0 Å². The Labute approximate surface area is 99.8 Å². The number of unbranched alkanes of at least 4 members (excludes halogenated alkanes) is 1. The molecule has 0 aliphatic carbocycles. The van der Waals surface area contributed by atoms with E-state index in [1.807, 2.05) is 6.92 Å². The van der Waals surface area contributed by atoms with Gasteiger partial charge in [0.2, 0.25) is 0 Å². The van der Waals surface area contributed by atoms with Crippen molar-refractivity contribution in [2.75, 3.05) is 27.2 Å². The molecule has 0 aliphatic rings. The SMILES string of the molecule is CCCCC(Cl)CC[N+](C)(C)CC(C)O. The van der Waals surface area contributed by atoms with Gasteiger partial charge in [-0.05, 0) is 13.3 Å². The minimum absolute atomic E-state index is 0.232. The topological polar surface area (TPSA) is 20.2 Å². The lowest BCUT2D eigenvalue weighted by Gasteiger charge is -2.31. The molecule has 2 nitrogen and oxygen atoms in total. The van der Waals surface area contributed by atoms with Crippen molar-refractivity contribution in [1.82, 2.24) is 0 Å². The second kappa shape index (κ2) is 7.48. The summed E-state index contributed by atoms with van der Waals surface area (Å²) < 4.78 is 0.854. The third-order valence-corrected chi connectivity index (χ3v) is 3.11. The van der Waals surface area contributed by atoms with Crippen molar-refractivity contribution in [3.8, 4) is 0 Å². The van der Waals surface area contributed by atoms with Gasteiger partial charge in [-0.1, -0.05) is 19.8 Å². The summed E-state index contributed by atoms with van der Waals surface area (Å²) in [4.78, 5) is 0. The molecule has 15 heavy (non-hydrogen) atoms. The Morgan fingerprint density at radius 2 is 1.87 bits per heavy atom. The van der Waals surface area contributed by atoms with Crippen molar-refractivity contribution in [1.29, 1.82) is 0 Å². The number of alkyl halides is 1. The van der Waals surface area contributed by atoms with Gasteiger partial charge >= 0.3 is 0 Å². The van der Waals surface area contributed by atoms with E-state index in [1.54, 1.807) is 0 Å². The van der Waals surface area contributed by atoms with Gasteiger partial charge in [-0.3, -0.25) is 0 Å². The minimum atomic E-state index is -0.232. The molecule has 0 amide bonds. The van der Waals surface area contributed by atoms with E-state index < -0.39 is 0 Å². The zero-order chi connectivity index (χ0) is 11.9. The summed E-state index contributed by atoms with van der Waals surface area (Å²) in [5.74, 6) is 0. The van der Waals surface area contributed by atoms with Crippen molar-refractivity contribution >= 4 is 11.6 Å². The van der Waals surface area contributed by atoms with Crippen LogP contribution in [0.1, 0.15) is 39.5 Å². The van der Waals surface area contributed by atoms with Crippen LogP contribution in [0.5, 0.6) is 0 Å². The van der Waals surface area contributed by atoms with Gasteiger partial charge in [-0.15, -0.1) is 11.6 Å². The van der Waals surface area contributed by atoms with E-state index in [4.69, 9.17) is 11.6 Å². The number of rotatable bonds is 8. The molecule has 0 fully saturated rings. The van der Waals surface area contributed by atoms with Crippen LogP contribution in [0.3, 0.4) is 0 Å². The molecule has 0 radical (unpaired) electrons. The third-order valence-electron chi connectivity index (χ3n) is 2.68. The number of quaternary nitrogens is 1. The lowest BCUT2D eigenvalue weighted by Crippen LogP contribution is -2.45. The molecule has 0 aromatic carbocycles. The standard InChI is InChI=1S/C12H27ClNO/c1-5-6-7-12(13)8-9-14(3,4)10-11(2)15/h11-12,15H,5-10H2,1-4H3/q+1. The number of hydrogen-bond donors (Lipinski definition) is 1. The van der Waals surface area contributed by atoms with Gasteiger partial charge in [0, 0.05) is 11.8 Å². The maximum atomic E-state index is 9.35. The maximum absolute atomic E-state index is 9.35. The molecule has 0 saturated heterocycles. The fraction of sp³-hybridized carbons (Fsp3) is 1.00. The van der Waals surface area contributed by atoms with E-state index in [1.165, 1.54) is 12.8 Å². The summed E-state index contributed by atoms with van der Waals surface area (Å²) >= 11 is 6.23. The number of halogens is 1. The van der Waals surface area contributed by atoms with Crippen LogP contribution in [0.15, 0.2) is 0 Å². The molecule has 0 heterocycles. The first-order chi connectivity index (χ1) is 6.87. The quantitative estimate of drug-likeness (QED) is 0.508. The number of nitrogens with zero attached hydrogens (tertiary/aromatic N) is 1. The number of hydrogen-bond acceptors (Lipinski definition) is 1. The predicted octanol–water partition coefficient (Wildman–Crippen LogP) is 2.63. The van der Waals surface area contributed by atoms with Crippen LogP contribution in [0.4, 0.5) is 0 Å². The Hall–Kier alpha value is 0.210. The van der Waals surface area contributed by atoms with E-state index >= 15 is 0 Å². The highest BCUT2D eigenvalue weighted by Crippen LogP contribution is 2.14. The molecule has 0 rings (SSSR count). The smallest absolute Gasteiger partial charge is 0.104 e. The normalized spacial score (nSPS) is 16.4. The largest absolute Gasteiger partial charge is 0.388 e. The summed E-state index contributed by atoms with van der Waals surface area (Å²) in [6.07, 6.45) is 4.37. The van der Waals surface area contributed by atoms with Crippen LogP contribution < -0.4 is 0 Å². The molecule has 2 atom stereocenters. The lowest BCUT2D eigenvalue weighted by atomic mass is 10.1. The average molecular weight is 237 g/mol. The number of aliphatic hydroxyl groups excluding tert-OH is 1. The summed E-state index contributed by atoms with van der Waals surface area (Å²) in [7, 11) is 4.30. The van der Waals surface area contributed by atoms with Crippen molar-refractivity contribution in [2.45, 2.75) is 51.0 Å². The van der Waals surface area contributed by atoms with Crippen molar-refractivity contribution in [3.05, 3.63) is 0 Å². The number of aliphatic hydroxyl groups is 1. The Morgan fingerprint density at radius 1 is 1.27 bits per heavy atom. The fourth-order valence-electron chi connectivity index (χ4n) is 1.87. The van der Waals surface area contributed by atoms with E-state index in [9.17, 15) is 5.11 Å². The van der Waals surface area contributed by atoms with Gasteiger partial charge in [0.1, 0.15) is 12.6 Å². The average Bonchev–Trinajstić information content (AvgIpc) is 2.09. The summed E-state index contributed by atoms with van der Waals surface area (Å²) in [5.41, 5.74) is 0. The van der Waals surface area contributed by atoms with Crippen molar-refractivity contribution < 1.29 is 9.59 Å². The molecule has 0 bridgehead atoms. The zero-order valence-electron chi connectivity index (χ0n) is 10.7. The predicted molar refractivity (Wildman–Crippen MR) is 67.3 cm³/mol. The zero-order valence-corrected chi connectivity index (χ0v) is 11.4. The lowest BCUT2D eigenvalue weighted by molar-refractivity contribution is -0.893. The van der Waals surface area contributed by atoms with E-state index in [-0.39, 0.29) is 6.10 Å². The van der Waals surface area contributed by atoms with E-state index in [0.717, 1.165) is 30.4 Å². The Morgan fingerprint density at radius 3 is 2.33 bits per heavy atom. The molecule has 3 heteroatoms. The van der Waals surface area contributed by atoms with E-state index in [0.29, 0.717) is 5.38 Å². The first kappa shape index (κ1) is 15.2. The van der Waals surface area contributed by atoms with Gasteiger partial charge in [0.05, 0.1) is 20.6 Å². The molecular weight excluding hydrogens is 210 g/mol. The third kappa shape index (κ3) is 9.16. The fourth-order valence-corrected chi connectivity index (χ4v) is 2.12. The molecule has 92 valence electrons. The molecule has 0 saturated carbocycles. The van der Waals surface area contributed by atoms with Crippen LogP contribution in [-0.2, 0) is 0 Å². The Kier molecular flexibility index (Phi) is 7.58. The van der Waals surface area contributed by atoms with E-state index in [2.05, 4.69) is 21.0 Å². The molecule has 0 aromatic heterocycles. The summed E-state index contributed by atoms with van der Waals surface area (Å²) in [6, 6.07) is 0. The highest BCUT2D eigenvalue weighted by Gasteiger charge is 2.19. The second-order valence-corrected chi connectivity index (χ2v) is 5.84. The molecule has 0 aromatic rings. The molecular formula is C12H27ClNO+. The van der Waals surface area contributed by atoms with Crippen LogP contribution >= 0.6 is 11.6 Å². The highest BCUT2D eigenvalue weighted by molar-refractivity contribution is 6.20. The highest BCUT2D eigenvalue weighted by atomic mass is 35.5. The number of likely N-dealkylation sites (N-methyl/N-ethyl adjacent to an activating group) is 1. The van der Waals surface area contributed by atoms with Crippen LogP contribution in [0.25, 0.3) is 0 Å². The molecule has 0 aliphatic heterocycles. The van der Waals surface area contributed by atoms with Crippen LogP contribution in [-0.4, -0.2) is 48.3 Å². The molecule has 0 spiro atoms. The minimum Gasteiger partial charge on any atom is -0.388 e. The first-order valence-electron chi connectivity index (χ1n) is 6.01. The van der Waals surface area contributed by atoms with Gasteiger partial charge in [-0.25, -0.2) is 0 Å². The molecule has 2 unspecified atom stereocenters. The Bertz CT molecular complexity index is 160. The van der Waals surface area contributed by atoms with Gasteiger partial charge in [0.15, 0.2) is 0 Å². The van der Waals surface area contributed by atoms with Crippen LogP contribution in [0, 0.1) is 0 Å². The second-order valence-electron chi connectivity index (χ2n) is 5.22. The first-order valence-corrected chi connectivity index (χ1v) is 6.45. The monoisotopic (exact) mass is 236 g/mol. The van der Waals surface area contributed by atoms with Crippen molar-refractivity contribution in [3.63, 3.8) is 0 Å². The van der Waals surface area contributed by atoms with Crippen LogP contribution in [0.2, 0.25) is 0 Å². The Balaban J connectivity index is 3.71. The maximum Gasteiger partial charge on any atom is 0.104 e. The summed E-state index contributed by atoms with van der Waals surface area (Å²) in [5, 5.41) is 9.65. The van der Waals surface area contributed by atoms with Crippen molar-refractivity contribution in [2.24, 2.45) is 0 Å².